The number of anilines is 1. The average molecular weight is 460 g/mol. The fraction of sp³-hybridized carbons (Fsp3) is 0.667. The Morgan fingerprint density at radius 3 is 2.37 bits per heavy atom. The van der Waals surface area contributed by atoms with Gasteiger partial charge in [0.05, 0.1) is 0 Å². The van der Waals surface area contributed by atoms with Crippen LogP contribution in [0.1, 0.15) is 44.9 Å². The molecule has 0 aromatic carbocycles. The molecule has 0 unspecified atom stereocenters. The Kier molecular flexibility index (Phi) is 11.4. The van der Waals surface area contributed by atoms with Crippen molar-refractivity contribution in [2.45, 2.75) is 44.9 Å². The summed E-state index contributed by atoms with van der Waals surface area (Å²) in [5.41, 5.74) is 5.93. The third-order valence-electron chi connectivity index (χ3n) is 6.15. The first-order valence-corrected chi connectivity index (χ1v) is 10.5. The van der Waals surface area contributed by atoms with Crippen LogP contribution in [0.4, 0.5) is 5.82 Å². The number of nitrogens with zero attached hydrogens (tertiary/aromatic N) is 3. The molecule has 1 saturated heterocycles. The minimum Gasteiger partial charge on any atom is -0.356 e. The number of pyridine rings is 1. The first-order chi connectivity index (χ1) is 13.6. The molecule has 0 bridgehead atoms. The van der Waals surface area contributed by atoms with Crippen molar-refractivity contribution < 1.29 is 9.59 Å². The van der Waals surface area contributed by atoms with Gasteiger partial charge in [-0.05, 0) is 36.9 Å². The molecule has 2 amide bonds. The number of nitrogens with one attached hydrogen (secondary N) is 1. The van der Waals surface area contributed by atoms with Crippen LogP contribution in [-0.2, 0) is 9.59 Å². The van der Waals surface area contributed by atoms with Crippen LogP contribution in [0.15, 0.2) is 24.4 Å². The molecule has 0 atom stereocenters. The molecule has 0 spiro atoms. The molecular weight excluding hydrogens is 425 g/mol. The number of piperazine rings is 1. The number of amides is 2. The van der Waals surface area contributed by atoms with Gasteiger partial charge >= 0.3 is 0 Å². The van der Waals surface area contributed by atoms with Gasteiger partial charge in [0, 0.05) is 51.8 Å². The number of nitrogens with two attached hydrogens (primary N) is 1. The summed E-state index contributed by atoms with van der Waals surface area (Å²) in [7, 11) is 0. The number of halogens is 2. The Hall–Kier alpha value is -1.57. The molecule has 170 valence electrons. The molecule has 2 heterocycles. The summed E-state index contributed by atoms with van der Waals surface area (Å²) in [5.74, 6) is 1.09. The number of hydrogen-bond donors (Lipinski definition) is 2. The molecule has 0 radical (unpaired) electrons. The molecular formula is C21H35Cl2N5O2. The van der Waals surface area contributed by atoms with Crippen LogP contribution in [0.3, 0.4) is 0 Å². The van der Waals surface area contributed by atoms with Gasteiger partial charge in [-0.3, -0.25) is 9.59 Å². The zero-order chi connectivity index (χ0) is 19.8. The van der Waals surface area contributed by atoms with Gasteiger partial charge in [-0.15, -0.1) is 24.8 Å². The normalized spacial score (nSPS) is 18.0. The molecule has 3 N–H and O–H groups in total. The van der Waals surface area contributed by atoms with E-state index in [1.54, 1.807) is 6.20 Å². The van der Waals surface area contributed by atoms with Crippen molar-refractivity contribution in [3.63, 3.8) is 0 Å². The predicted molar refractivity (Wildman–Crippen MR) is 124 cm³/mol. The maximum absolute atomic E-state index is 12.5. The van der Waals surface area contributed by atoms with Crippen LogP contribution in [-0.4, -0.2) is 61.0 Å². The highest BCUT2D eigenvalue weighted by atomic mass is 35.5. The number of aromatic nitrogens is 1. The van der Waals surface area contributed by atoms with Gasteiger partial charge in [-0.25, -0.2) is 4.98 Å². The van der Waals surface area contributed by atoms with Crippen molar-refractivity contribution in [1.82, 2.24) is 15.2 Å². The van der Waals surface area contributed by atoms with E-state index in [1.807, 2.05) is 23.1 Å². The van der Waals surface area contributed by atoms with Crippen molar-refractivity contribution >= 4 is 42.4 Å². The zero-order valence-corrected chi connectivity index (χ0v) is 19.2. The lowest BCUT2D eigenvalue weighted by Gasteiger charge is -2.36. The highest BCUT2D eigenvalue weighted by Gasteiger charge is 2.33. The van der Waals surface area contributed by atoms with E-state index in [0.717, 1.165) is 44.6 Å². The quantitative estimate of drug-likeness (QED) is 0.652. The van der Waals surface area contributed by atoms with Crippen LogP contribution in [0.25, 0.3) is 0 Å². The van der Waals surface area contributed by atoms with Crippen LogP contribution < -0.4 is 16.0 Å². The third kappa shape index (κ3) is 7.29. The van der Waals surface area contributed by atoms with Gasteiger partial charge in [0.25, 0.3) is 0 Å². The van der Waals surface area contributed by atoms with E-state index in [-0.39, 0.29) is 42.0 Å². The van der Waals surface area contributed by atoms with Crippen molar-refractivity contribution in [1.29, 1.82) is 0 Å². The van der Waals surface area contributed by atoms with Gasteiger partial charge in [0.15, 0.2) is 0 Å². The second kappa shape index (κ2) is 13.0. The van der Waals surface area contributed by atoms with Gasteiger partial charge in [0.1, 0.15) is 5.82 Å². The maximum Gasteiger partial charge on any atom is 0.224 e. The Labute approximate surface area is 192 Å². The minimum absolute atomic E-state index is 0. The lowest BCUT2D eigenvalue weighted by molar-refractivity contribution is -0.131. The summed E-state index contributed by atoms with van der Waals surface area (Å²) in [6.07, 6.45) is 8.27. The van der Waals surface area contributed by atoms with Crippen LogP contribution in [0, 0.1) is 5.41 Å². The third-order valence-corrected chi connectivity index (χ3v) is 6.15. The van der Waals surface area contributed by atoms with E-state index < -0.39 is 0 Å². The second-order valence-corrected chi connectivity index (χ2v) is 8.10. The largest absolute Gasteiger partial charge is 0.356 e. The van der Waals surface area contributed by atoms with Crippen molar-refractivity contribution in [3.05, 3.63) is 24.4 Å². The van der Waals surface area contributed by atoms with Crippen molar-refractivity contribution in [2.24, 2.45) is 11.1 Å². The molecule has 1 aromatic rings. The van der Waals surface area contributed by atoms with Gasteiger partial charge in [-0.2, -0.15) is 0 Å². The van der Waals surface area contributed by atoms with E-state index in [1.165, 1.54) is 6.42 Å². The molecule has 2 fully saturated rings. The molecule has 30 heavy (non-hydrogen) atoms. The monoisotopic (exact) mass is 459 g/mol. The summed E-state index contributed by atoms with van der Waals surface area (Å²) in [6.45, 7) is 3.93. The summed E-state index contributed by atoms with van der Waals surface area (Å²) >= 11 is 0. The van der Waals surface area contributed by atoms with Crippen LogP contribution in [0.2, 0.25) is 0 Å². The molecule has 7 nitrogen and oxygen atoms in total. The Balaban J connectivity index is 0.00000225. The topological polar surface area (TPSA) is 91.6 Å². The Morgan fingerprint density at radius 1 is 1.07 bits per heavy atom. The Morgan fingerprint density at radius 2 is 1.77 bits per heavy atom. The van der Waals surface area contributed by atoms with E-state index in [4.69, 9.17) is 5.73 Å². The molecule has 1 aliphatic carbocycles. The summed E-state index contributed by atoms with van der Waals surface area (Å²) in [4.78, 5) is 33.2. The smallest absolute Gasteiger partial charge is 0.224 e. The summed E-state index contributed by atoms with van der Waals surface area (Å²) in [6, 6.07) is 5.87. The highest BCUT2D eigenvalue weighted by Crippen LogP contribution is 2.38. The van der Waals surface area contributed by atoms with Gasteiger partial charge in [-0.1, -0.05) is 25.3 Å². The van der Waals surface area contributed by atoms with Crippen LogP contribution >= 0.6 is 24.8 Å². The molecule has 1 aliphatic heterocycles. The zero-order valence-electron chi connectivity index (χ0n) is 17.6. The van der Waals surface area contributed by atoms with E-state index in [9.17, 15) is 9.59 Å². The number of hydrogen-bond acceptors (Lipinski definition) is 5. The minimum atomic E-state index is -0.0336. The van der Waals surface area contributed by atoms with E-state index in [0.29, 0.717) is 39.0 Å². The predicted octanol–water partition coefficient (Wildman–Crippen LogP) is 2.38. The van der Waals surface area contributed by atoms with Gasteiger partial charge in [0.2, 0.25) is 11.8 Å². The summed E-state index contributed by atoms with van der Waals surface area (Å²) < 4.78 is 0. The molecule has 1 saturated carbocycles. The highest BCUT2D eigenvalue weighted by molar-refractivity contribution is 5.85. The lowest BCUT2D eigenvalue weighted by Crippen LogP contribution is -2.49. The van der Waals surface area contributed by atoms with Crippen molar-refractivity contribution in [3.8, 4) is 0 Å². The second-order valence-electron chi connectivity index (χ2n) is 8.10. The SMILES string of the molecule is Cl.Cl.NCC1(CC(=O)NCCC(=O)N2CCN(c3ccccn3)CC2)CCCCC1. The summed E-state index contributed by atoms with van der Waals surface area (Å²) in [5, 5.41) is 2.93. The van der Waals surface area contributed by atoms with E-state index in [2.05, 4.69) is 15.2 Å². The maximum atomic E-state index is 12.5. The molecule has 3 rings (SSSR count). The standard InChI is InChI=1S/C21H33N5O2.2ClH/c22-17-21(8-3-1-4-9-21)16-19(27)24-11-7-20(28)26-14-12-25(13-15-26)18-6-2-5-10-23-18;;/h2,5-6,10H,1,3-4,7-9,11-17,22H2,(H,24,27);2*1H. The average Bonchev–Trinajstić information content (AvgIpc) is 2.75. The molecule has 9 heteroatoms. The number of rotatable bonds is 7. The fourth-order valence-corrected chi connectivity index (χ4v) is 4.35. The number of carbonyl (C=O) groups is 2. The molecule has 2 aliphatic rings. The fourth-order valence-electron chi connectivity index (χ4n) is 4.35. The van der Waals surface area contributed by atoms with Crippen molar-refractivity contribution in [2.75, 3.05) is 44.2 Å². The van der Waals surface area contributed by atoms with Crippen LogP contribution in [0.5, 0.6) is 0 Å². The number of carbonyl (C=O) groups excluding carboxylic acids is 2. The first kappa shape index (κ1) is 26.5. The van der Waals surface area contributed by atoms with E-state index >= 15 is 0 Å². The first-order valence-electron chi connectivity index (χ1n) is 10.5. The molecule has 1 aromatic heterocycles. The lowest BCUT2D eigenvalue weighted by atomic mass is 9.71. The van der Waals surface area contributed by atoms with Gasteiger partial charge < -0.3 is 20.9 Å². The Bertz CT molecular complexity index is 648.